The molecule has 0 aromatic rings. The average Bonchev–Trinajstić information content (AvgIpc) is 3.15. The van der Waals surface area contributed by atoms with Gasteiger partial charge in [0.1, 0.15) is 19.3 Å². The summed E-state index contributed by atoms with van der Waals surface area (Å²) in [6.45, 7) is 8.04. The molecule has 0 fully saturated rings. The van der Waals surface area contributed by atoms with Crippen LogP contribution >= 0.6 is 0 Å². The van der Waals surface area contributed by atoms with Crippen molar-refractivity contribution in [2.75, 3.05) is 65.9 Å². The zero-order chi connectivity index (χ0) is 41.2. The van der Waals surface area contributed by atoms with Gasteiger partial charge < -0.3 is 45.1 Å². The topological polar surface area (TPSA) is 216 Å². The fourth-order valence-electron chi connectivity index (χ4n) is 5.16. The van der Waals surface area contributed by atoms with Gasteiger partial charge in [-0.05, 0) is 26.2 Å². The predicted octanol–water partition coefficient (Wildman–Crippen LogP) is 5.36. The first-order valence-electron chi connectivity index (χ1n) is 20.6. The molecule has 55 heavy (non-hydrogen) atoms. The summed E-state index contributed by atoms with van der Waals surface area (Å²) in [7, 11) is 0. The van der Waals surface area contributed by atoms with Crippen LogP contribution in [0.15, 0.2) is 0 Å². The number of ketones is 1. The van der Waals surface area contributed by atoms with Crippen LogP contribution in [0.4, 0.5) is 0 Å². The van der Waals surface area contributed by atoms with Crippen molar-refractivity contribution in [2.24, 2.45) is 0 Å². The zero-order valence-corrected chi connectivity index (χ0v) is 34.3. The zero-order valence-electron chi connectivity index (χ0n) is 34.3. The van der Waals surface area contributed by atoms with E-state index in [2.05, 4.69) is 16.0 Å². The number of carbonyl (C=O) groups excluding carboxylic acids is 4. The second-order valence-electron chi connectivity index (χ2n) is 13.5. The van der Waals surface area contributed by atoms with Crippen molar-refractivity contribution >= 4 is 35.4 Å². The molecule has 0 rings (SSSR count). The molecule has 15 nitrogen and oxygen atoms in total. The van der Waals surface area contributed by atoms with E-state index in [-0.39, 0.29) is 36.7 Å². The number of carboxylic acid groups (broad SMARTS) is 2. The van der Waals surface area contributed by atoms with Gasteiger partial charge in [0, 0.05) is 32.4 Å². The monoisotopic (exact) mass is 790 g/mol. The van der Waals surface area contributed by atoms with Crippen LogP contribution in [0.1, 0.15) is 149 Å². The van der Waals surface area contributed by atoms with E-state index >= 15 is 0 Å². The predicted molar refractivity (Wildman–Crippen MR) is 211 cm³/mol. The Morgan fingerprint density at radius 2 is 0.891 bits per heavy atom. The molecule has 15 heteroatoms. The molecule has 5 N–H and O–H groups in total. The average molecular weight is 790 g/mol. The van der Waals surface area contributed by atoms with E-state index in [0.717, 1.165) is 32.1 Å². The number of hydrogen-bond donors (Lipinski definition) is 5. The van der Waals surface area contributed by atoms with Crippen molar-refractivity contribution in [3.8, 4) is 0 Å². The maximum absolute atomic E-state index is 11.7. The number of rotatable bonds is 39. The minimum Gasteiger partial charge on any atom is -0.481 e. The third-order valence-electron chi connectivity index (χ3n) is 8.33. The summed E-state index contributed by atoms with van der Waals surface area (Å²) < 4.78 is 20.7. The lowest BCUT2D eigenvalue weighted by atomic mass is 10.0. The molecule has 322 valence electrons. The van der Waals surface area contributed by atoms with Gasteiger partial charge in [-0.2, -0.15) is 0 Å². The fraction of sp³-hybridized carbons (Fsp3) is 0.850. The van der Waals surface area contributed by atoms with Crippen LogP contribution in [0.5, 0.6) is 0 Å². The first kappa shape index (κ1) is 54.0. The largest absolute Gasteiger partial charge is 0.481 e. The number of carboxylic acids is 2. The van der Waals surface area contributed by atoms with Crippen LogP contribution in [0.3, 0.4) is 0 Å². The minimum atomic E-state index is -0.962. The highest BCUT2D eigenvalue weighted by atomic mass is 16.5. The number of hydrogen-bond acceptors (Lipinski definition) is 10. The Hall–Kier alpha value is -3.14. The number of unbranched alkanes of at least 4 members (excludes halogenated alkanes) is 15. The number of ether oxygens (including phenoxy) is 4. The normalized spacial score (nSPS) is 11.3. The van der Waals surface area contributed by atoms with E-state index in [9.17, 15) is 28.8 Å². The van der Waals surface area contributed by atoms with Crippen LogP contribution in [0.2, 0.25) is 0 Å². The van der Waals surface area contributed by atoms with Gasteiger partial charge in [-0.3, -0.25) is 24.0 Å². The summed E-state index contributed by atoms with van der Waals surface area (Å²) in [5.74, 6) is -2.06. The molecule has 0 aromatic carbocycles. The number of Topliss-reactive ketones (excluding diaryl/α,β-unsaturated/α-hetero) is 1. The molecule has 3 amide bonds. The van der Waals surface area contributed by atoms with Gasteiger partial charge in [0.2, 0.25) is 17.7 Å². The Kier molecular flexibility index (Phi) is 41.2. The van der Waals surface area contributed by atoms with Gasteiger partial charge in [0.25, 0.3) is 0 Å². The maximum Gasteiger partial charge on any atom is 0.326 e. The lowest BCUT2D eigenvalue weighted by molar-refractivity contribution is -0.142. The van der Waals surface area contributed by atoms with Crippen molar-refractivity contribution in [1.82, 2.24) is 16.0 Å². The molecule has 0 unspecified atom stereocenters. The van der Waals surface area contributed by atoms with E-state index in [1.807, 2.05) is 0 Å². The first-order valence-corrected chi connectivity index (χ1v) is 20.6. The fourth-order valence-corrected chi connectivity index (χ4v) is 5.16. The smallest absolute Gasteiger partial charge is 0.326 e. The Balaban J connectivity index is 0. The number of carbonyl (C=O) groups is 6. The Morgan fingerprint density at radius 3 is 1.29 bits per heavy atom. The minimum absolute atomic E-state index is 0.0101. The number of amides is 3. The van der Waals surface area contributed by atoms with E-state index in [0.29, 0.717) is 78.4 Å². The van der Waals surface area contributed by atoms with E-state index in [1.165, 1.54) is 77.6 Å². The molecule has 0 heterocycles. The summed E-state index contributed by atoms with van der Waals surface area (Å²) in [4.78, 5) is 66.0. The van der Waals surface area contributed by atoms with Crippen molar-refractivity contribution in [3.05, 3.63) is 0 Å². The van der Waals surface area contributed by atoms with Crippen molar-refractivity contribution in [2.45, 2.75) is 155 Å². The van der Waals surface area contributed by atoms with E-state index in [4.69, 9.17) is 29.2 Å². The lowest BCUT2D eigenvalue weighted by Gasteiger charge is -2.11. The van der Waals surface area contributed by atoms with Gasteiger partial charge in [-0.1, -0.05) is 104 Å². The molecule has 0 aliphatic heterocycles. The first-order chi connectivity index (χ1) is 26.5. The summed E-state index contributed by atoms with van der Waals surface area (Å²) in [5.41, 5.74) is 0. The van der Waals surface area contributed by atoms with Crippen molar-refractivity contribution < 1.29 is 57.9 Å². The Morgan fingerprint density at radius 1 is 0.491 bits per heavy atom. The third kappa shape index (κ3) is 45.1. The number of nitrogens with one attached hydrogen (secondary N) is 3. The highest BCUT2D eigenvalue weighted by Crippen LogP contribution is 2.14. The Labute approximate surface area is 330 Å². The Bertz CT molecular complexity index is 983. The second kappa shape index (κ2) is 42.0. The number of aliphatic carboxylic acids is 2. The molecule has 0 radical (unpaired) electrons. The van der Waals surface area contributed by atoms with Gasteiger partial charge in [0.15, 0.2) is 5.78 Å². The SMILES string of the molecule is CCC(=O)NCCOCCOCC(=O)NCCOCCOCC(C)=O.CC[C@H](NC(=O)CCCCCCCCCCCCCCCCCCC(=O)O)C(=O)O. The molecule has 0 spiro atoms. The van der Waals surface area contributed by atoms with Crippen LogP contribution in [0.25, 0.3) is 0 Å². The van der Waals surface area contributed by atoms with Gasteiger partial charge in [-0.15, -0.1) is 0 Å². The highest BCUT2D eigenvalue weighted by molar-refractivity contribution is 5.83. The lowest BCUT2D eigenvalue weighted by Crippen LogP contribution is -2.40. The summed E-state index contributed by atoms with van der Waals surface area (Å²) in [6.07, 6.45) is 20.5. The van der Waals surface area contributed by atoms with E-state index < -0.39 is 18.0 Å². The molecule has 0 aliphatic rings. The molecule has 1 atom stereocenters. The molecular weight excluding hydrogens is 714 g/mol. The van der Waals surface area contributed by atoms with Gasteiger partial charge >= 0.3 is 11.9 Å². The quantitative estimate of drug-likeness (QED) is 0.0498. The molecule has 0 aliphatic carbocycles. The van der Waals surface area contributed by atoms with Gasteiger partial charge in [-0.25, -0.2) is 4.79 Å². The second-order valence-corrected chi connectivity index (χ2v) is 13.5. The molecule has 0 saturated heterocycles. The summed E-state index contributed by atoms with van der Waals surface area (Å²) in [5, 5.41) is 25.4. The van der Waals surface area contributed by atoms with E-state index in [1.54, 1.807) is 13.8 Å². The molecule has 0 aromatic heterocycles. The van der Waals surface area contributed by atoms with Crippen molar-refractivity contribution in [3.63, 3.8) is 0 Å². The van der Waals surface area contributed by atoms with Gasteiger partial charge in [0.05, 0.1) is 39.6 Å². The standard InChI is InChI=1S/C24H45NO5.C16H30N2O7/c1-2-21(24(29)30)25-22(26)19-17-15-13-11-9-7-5-3-4-6-8-10-12-14-16-18-20-23(27)28;1-3-15(20)17-4-6-22-9-11-25-13-16(21)18-5-7-23-8-10-24-12-14(2)19/h21H,2-20H2,1H3,(H,25,26)(H,27,28)(H,29,30);3-13H2,1-2H3,(H,17,20)(H,18,21)/t21-;/m0./s1. The van der Waals surface area contributed by atoms with Crippen LogP contribution in [0, 0.1) is 0 Å². The molecule has 0 bridgehead atoms. The van der Waals surface area contributed by atoms with Crippen LogP contribution in [-0.2, 0) is 47.7 Å². The van der Waals surface area contributed by atoms with Crippen LogP contribution < -0.4 is 16.0 Å². The maximum atomic E-state index is 11.7. The molecular formula is C40H75N3O12. The summed E-state index contributed by atoms with van der Waals surface area (Å²) in [6, 6.07) is -0.757. The van der Waals surface area contributed by atoms with Crippen LogP contribution in [-0.4, -0.2) is 118 Å². The van der Waals surface area contributed by atoms with Crippen molar-refractivity contribution in [1.29, 1.82) is 0 Å². The summed E-state index contributed by atoms with van der Waals surface area (Å²) >= 11 is 0. The molecule has 0 saturated carbocycles. The third-order valence-corrected chi connectivity index (χ3v) is 8.33. The highest BCUT2D eigenvalue weighted by Gasteiger charge is 2.16.